The number of H-pyrrole nitrogens is 1. The quantitative estimate of drug-likeness (QED) is 0.405. The summed E-state index contributed by atoms with van der Waals surface area (Å²) in [5.41, 5.74) is 3.22. The molecular formula is C7H6AgINS. The fourth-order valence-corrected chi connectivity index (χ4v) is 1.57. The van der Waals surface area contributed by atoms with Crippen molar-refractivity contribution in [1.29, 1.82) is 0 Å². The number of hydrogen-bond donors (Lipinski definition) is 0. The Labute approximate surface area is 102 Å². The third-order valence-corrected chi connectivity index (χ3v) is 2.13. The standard InChI is InChI=1S/C7H5NS.Ag.HI/c1-2-4-7-6(3-1)8-5-9-7;;/h1-5H;;1H. The van der Waals surface area contributed by atoms with Crippen LogP contribution in [0.4, 0.5) is 0 Å². The summed E-state index contributed by atoms with van der Waals surface area (Å²) in [6, 6.07) is 8.26. The van der Waals surface area contributed by atoms with Crippen LogP contribution in [0.15, 0.2) is 29.8 Å². The van der Waals surface area contributed by atoms with Gasteiger partial charge in [-0.25, -0.2) is 4.98 Å². The first-order valence-corrected chi connectivity index (χ1v) is 3.69. The zero-order valence-electron chi connectivity index (χ0n) is 5.47. The van der Waals surface area contributed by atoms with Crippen LogP contribution in [0.25, 0.3) is 10.2 Å². The monoisotopic (exact) mass is 370 g/mol. The van der Waals surface area contributed by atoms with Gasteiger partial charge in [0.1, 0.15) is 4.70 Å². The van der Waals surface area contributed by atoms with Gasteiger partial charge < -0.3 is 24.0 Å². The molecule has 11 heavy (non-hydrogen) atoms. The van der Waals surface area contributed by atoms with Crippen LogP contribution in [-0.2, 0) is 22.4 Å². The Morgan fingerprint density at radius 3 is 2.64 bits per heavy atom. The van der Waals surface area contributed by atoms with E-state index in [-0.39, 0.29) is 46.4 Å². The van der Waals surface area contributed by atoms with Gasteiger partial charge in [0.15, 0.2) is 0 Å². The SMILES string of the molecule is [Ag].[I-].c1ccc2sc[nH+]c2c1. The van der Waals surface area contributed by atoms with Crippen molar-refractivity contribution in [3.63, 3.8) is 0 Å². The molecule has 0 saturated heterocycles. The van der Waals surface area contributed by atoms with E-state index in [0.29, 0.717) is 0 Å². The molecule has 1 radical (unpaired) electrons. The predicted octanol–water partition coefficient (Wildman–Crippen LogP) is -1.28. The smallest absolute Gasteiger partial charge is 0.224 e. The molecule has 2 aromatic rings. The molecule has 0 bridgehead atoms. The molecule has 1 aromatic heterocycles. The largest absolute Gasteiger partial charge is 1.00 e. The number of fused-ring (bicyclic) bond motifs is 1. The number of aromatic amines is 1. The number of aromatic nitrogens is 1. The van der Waals surface area contributed by atoms with Crippen LogP contribution in [0.1, 0.15) is 0 Å². The molecule has 0 aliphatic heterocycles. The second-order valence-corrected chi connectivity index (χ2v) is 2.79. The van der Waals surface area contributed by atoms with Gasteiger partial charge in [0, 0.05) is 28.4 Å². The summed E-state index contributed by atoms with van der Waals surface area (Å²) in [4.78, 5) is 3.14. The second kappa shape index (κ2) is 5.27. The first kappa shape index (κ1) is 11.6. The third-order valence-electron chi connectivity index (χ3n) is 1.29. The van der Waals surface area contributed by atoms with E-state index < -0.39 is 0 Å². The molecule has 0 amide bonds. The van der Waals surface area contributed by atoms with Crippen molar-refractivity contribution in [3.8, 4) is 0 Å². The summed E-state index contributed by atoms with van der Waals surface area (Å²) in [6.45, 7) is 0. The van der Waals surface area contributed by atoms with Crippen LogP contribution in [0.2, 0.25) is 0 Å². The Morgan fingerprint density at radius 2 is 1.91 bits per heavy atom. The van der Waals surface area contributed by atoms with E-state index >= 15 is 0 Å². The van der Waals surface area contributed by atoms with Crippen LogP contribution in [0.3, 0.4) is 0 Å². The number of hydrogen-bond acceptors (Lipinski definition) is 1. The molecule has 1 aromatic carbocycles. The molecule has 0 aliphatic carbocycles. The molecule has 0 aliphatic rings. The van der Waals surface area contributed by atoms with Gasteiger partial charge in [-0.15, -0.1) is 0 Å². The maximum atomic E-state index is 3.14. The van der Waals surface area contributed by atoms with Gasteiger partial charge in [0.05, 0.1) is 0 Å². The minimum Gasteiger partial charge on any atom is -1.00 e. The molecule has 0 atom stereocenters. The summed E-state index contributed by atoms with van der Waals surface area (Å²) in [6.07, 6.45) is 0. The average molecular weight is 371 g/mol. The Bertz CT molecular complexity index is 292. The molecular weight excluding hydrogens is 365 g/mol. The Kier molecular flexibility index (Phi) is 5.54. The van der Waals surface area contributed by atoms with Gasteiger partial charge >= 0.3 is 0 Å². The summed E-state index contributed by atoms with van der Waals surface area (Å²) in [5.74, 6) is 0. The number of benzene rings is 1. The van der Waals surface area contributed by atoms with Crippen LogP contribution in [0.5, 0.6) is 0 Å². The minimum atomic E-state index is 0. The second-order valence-electron chi connectivity index (χ2n) is 1.88. The number of halogens is 1. The predicted molar refractivity (Wildman–Crippen MR) is 38.4 cm³/mol. The number of para-hydroxylation sites is 1. The van der Waals surface area contributed by atoms with E-state index in [0.717, 1.165) is 0 Å². The fraction of sp³-hybridized carbons (Fsp3) is 0. The minimum absolute atomic E-state index is 0. The van der Waals surface area contributed by atoms with Crippen LogP contribution in [0, 0.1) is 0 Å². The summed E-state index contributed by atoms with van der Waals surface area (Å²) in [7, 11) is 0. The van der Waals surface area contributed by atoms with E-state index in [4.69, 9.17) is 0 Å². The molecule has 1 nitrogen and oxygen atoms in total. The molecule has 0 spiro atoms. The van der Waals surface area contributed by atoms with Crippen LogP contribution < -0.4 is 29.0 Å². The molecule has 1 N–H and O–H groups in total. The normalized spacial score (nSPS) is 8.36. The van der Waals surface area contributed by atoms with Crippen LogP contribution in [-0.4, -0.2) is 0 Å². The molecule has 0 fully saturated rings. The van der Waals surface area contributed by atoms with Crippen molar-refractivity contribution in [1.82, 2.24) is 0 Å². The van der Waals surface area contributed by atoms with Crippen molar-refractivity contribution in [3.05, 3.63) is 29.8 Å². The number of thiazole rings is 1. The van der Waals surface area contributed by atoms with Gasteiger partial charge in [0.25, 0.3) is 0 Å². The topological polar surface area (TPSA) is 14.1 Å². The van der Waals surface area contributed by atoms with Gasteiger partial charge in [-0.1, -0.05) is 23.5 Å². The number of nitrogens with one attached hydrogen (secondary N) is 1. The Hall–Kier alpha value is 0.580. The van der Waals surface area contributed by atoms with E-state index in [9.17, 15) is 0 Å². The third kappa shape index (κ3) is 2.52. The van der Waals surface area contributed by atoms with Crippen molar-refractivity contribution in [2.45, 2.75) is 0 Å². The summed E-state index contributed by atoms with van der Waals surface area (Å²) >= 11 is 1.73. The van der Waals surface area contributed by atoms with Crippen molar-refractivity contribution < 1.29 is 51.3 Å². The fourth-order valence-electron chi connectivity index (χ4n) is 0.845. The first-order valence-electron chi connectivity index (χ1n) is 2.81. The van der Waals surface area contributed by atoms with Gasteiger partial charge in [0.2, 0.25) is 11.0 Å². The van der Waals surface area contributed by atoms with Gasteiger partial charge in [-0.3, -0.25) is 0 Å². The number of rotatable bonds is 0. The maximum Gasteiger partial charge on any atom is 0.224 e. The molecule has 2 rings (SSSR count). The molecule has 4 heteroatoms. The summed E-state index contributed by atoms with van der Waals surface area (Å²) in [5, 5.41) is 0. The van der Waals surface area contributed by atoms with E-state index in [2.05, 4.69) is 17.1 Å². The van der Waals surface area contributed by atoms with Crippen molar-refractivity contribution in [2.75, 3.05) is 0 Å². The zero-order chi connectivity index (χ0) is 6.10. The summed E-state index contributed by atoms with van der Waals surface area (Å²) < 4.78 is 1.32. The maximum absolute atomic E-state index is 3.14. The zero-order valence-corrected chi connectivity index (χ0v) is 9.93. The molecule has 0 unspecified atom stereocenters. The molecule has 63 valence electrons. The Morgan fingerprint density at radius 1 is 1.18 bits per heavy atom. The van der Waals surface area contributed by atoms with Crippen LogP contribution >= 0.6 is 11.3 Å². The van der Waals surface area contributed by atoms with Crippen molar-refractivity contribution in [2.24, 2.45) is 0 Å². The van der Waals surface area contributed by atoms with E-state index in [1.807, 2.05) is 17.6 Å². The van der Waals surface area contributed by atoms with Gasteiger partial charge in [-0.2, -0.15) is 0 Å². The van der Waals surface area contributed by atoms with E-state index in [1.165, 1.54) is 10.2 Å². The van der Waals surface area contributed by atoms with Gasteiger partial charge in [-0.05, 0) is 6.07 Å². The van der Waals surface area contributed by atoms with Crippen molar-refractivity contribution >= 4 is 21.6 Å². The Balaban J connectivity index is 0.000000500. The molecule has 0 saturated carbocycles. The first-order chi connectivity index (χ1) is 4.47. The average Bonchev–Trinajstić information content (AvgIpc) is 2.33. The van der Waals surface area contributed by atoms with E-state index in [1.54, 1.807) is 11.3 Å². The molecule has 1 heterocycles.